The highest BCUT2D eigenvalue weighted by Gasteiger charge is 2.19. The third-order valence-corrected chi connectivity index (χ3v) is 3.48. The number of hydrogen-bond acceptors (Lipinski definition) is 6. The van der Waals surface area contributed by atoms with Crippen LogP contribution >= 0.6 is 0 Å². The van der Waals surface area contributed by atoms with Crippen LogP contribution < -0.4 is 5.43 Å². The molecule has 0 aliphatic heterocycles. The number of anilines is 1. The van der Waals surface area contributed by atoms with Crippen molar-refractivity contribution in [1.29, 1.82) is 0 Å². The van der Waals surface area contributed by atoms with Gasteiger partial charge in [0.1, 0.15) is 5.69 Å². The van der Waals surface area contributed by atoms with Crippen molar-refractivity contribution in [3.63, 3.8) is 0 Å². The smallest absolute Gasteiger partial charge is 0.272 e. The summed E-state index contributed by atoms with van der Waals surface area (Å²) in [5.74, 6) is 2.63. The van der Waals surface area contributed by atoms with Crippen LogP contribution in [0.2, 0.25) is 0 Å². The van der Waals surface area contributed by atoms with Crippen molar-refractivity contribution < 1.29 is 9.85 Å². The number of nitrogens with one attached hydrogen (secondary N) is 1. The van der Waals surface area contributed by atoms with Gasteiger partial charge in [0.2, 0.25) is 0 Å². The number of nitrogens with zero attached hydrogens (tertiary/aromatic N) is 3. The molecule has 0 amide bonds. The van der Waals surface area contributed by atoms with Crippen molar-refractivity contribution in [2.75, 3.05) is 5.43 Å². The van der Waals surface area contributed by atoms with E-state index in [1.54, 1.807) is 6.21 Å². The molecule has 8 heteroatoms. The molecule has 118 valence electrons. The first-order chi connectivity index (χ1) is 11.0. The predicted molar refractivity (Wildman–Crippen MR) is 86.2 cm³/mol. The fourth-order valence-electron chi connectivity index (χ4n) is 2.29. The van der Waals surface area contributed by atoms with Crippen LogP contribution in [0, 0.1) is 32.6 Å². The summed E-state index contributed by atoms with van der Waals surface area (Å²) in [4.78, 5) is 20.3. The van der Waals surface area contributed by atoms with Crippen LogP contribution in [0.5, 0.6) is 0 Å². The minimum atomic E-state index is -0.697. The first kappa shape index (κ1) is 16.2. The molecule has 1 aliphatic carbocycles. The van der Waals surface area contributed by atoms with Crippen molar-refractivity contribution in [2.24, 2.45) is 5.10 Å². The van der Waals surface area contributed by atoms with Crippen LogP contribution in [-0.4, -0.2) is 16.1 Å². The Balaban J connectivity index is 2.22. The summed E-state index contributed by atoms with van der Waals surface area (Å²) < 4.78 is 0. The van der Waals surface area contributed by atoms with Crippen molar-refractivity contribution in [3.8, 4) is 12.3 Å². The molecule has 0 saturated heterocycles. The minimum Gasteiger partial charge on any atom is -0.272 e. The maximum Gasteiger partial charge on any atom is 0.301 e. The van der Waals surface area contributed by atoms with Crippen molar-refractivity contribution in [2.45, 2.75) is 25.7 Å². The average Bonchev–Trinajstić information content (AvgIpc) is 2.55. The molecule has 8 nitrogen and oxygen atoms in total. The largest absolute Gasteiger partial charge is 0.301 e. The SMILES string of the molecule is C#CC1=C(C=NNc2ccc([N+](=O)[O-])cc2[N+](=O)[O-])CCCC1. The van der Waals surface area contributed by atoms with E-state index in [1.165, 1.54) is 12.1 Å². The maximum absolute atomic E-state index is 11.0. The number of benzene rings is 1. The molecule has 0 spiro atoms. The molecule has 0 unspecified atom stereocenters. The number of nitro groups is 2. The summed E-state index contributed by atoms with van der Waals surface area (Å²) in [6.07, 6.45) is 10.7. The highest BCUT2D eigenvalue weighted by Crippen LogP contribution is 2.29. The highest BCUT2D eigenvalue weighted by molar-refractivity contribution is 5.82. The van der Waals surface area contributed by atoms with Crippen LogP contribution in [0.3, 0.4) is 0 Å². The topological polar surface area (TPSA) is 111 Å². The Hall–Kier alpha value is -3.21. The summed E-state index contributed by atoms with van der Waals surface area (Å²) in [6, 6.07) is 3.33. The maximum atomic E-state index is 11.0. The quantitative estimate of drug-likeness (QED) is 0.387. The van der Waals surface area contributed by atoms with Crippen LogP contribution in [-0.2, 0) is 0 Å². The predicted octanol–water partition coefficient (Wildman–Crippen LogP) is 3.40. The molecule has 0 heterocycles. The Bertz CT molecular complexity index is 746. The summed E-state index contributed by atoms with van der Waals surface area (Å²) in [5.41, 5.74) is 3.69. The normalized spacial score (nSPS) is 14.6. The molecule has 1 N–H and O–H groups in total. The van der Waals surface area contributed by atoms with E-state index in [1.807, 2.05) is 0 Å². The van der Waals surface area contributed by atoms with Crippen LogP contribution in [0.15, 0.2) is 34.4 Å². The number of rotatable bonds is 5. The monoisotopic (exact) mass is 314 g/mol. The van der Waals surface area contributed by atoms with E-state index in [-0.39, 0.29) is 11.4 Å². The lowest BCUT2D eigenvalue weighted by Gasteiger charge is -2.12. The zero-order chi connectivity index (χ0) is 16.8. The third-order valence-electron chi connectivity index (χ3n) is 3.48. The molecule has 0 atom stereocenters. The van der Waals surface area contributed by atoms with Crippen molar-refractivity contribution in [3.05, 3.63) is 49.6 Å². The molecule has 0 saturated carbocycles. The number of hydrazone groups is 1. The first-order valence-electron chi connectivity index (χ1n) is 6.93. The van der Waals surface area contributed by atoms with Gasteiger partial charge in [-0.15, -0.1) is 6.42 Å². The highest BCUT2D eigenvalue weighted by atomic mass is 16.6. The Kier molecular flexibility index (Phi) is 5.04. The number of nitro benzene ring substituents is 2. The molecular weight excluding hydrogens is 300 g/mol. The van der Waals surface area contributed by atoms with E-state index < -0.39 is 15.5 Å². The number of hydrogen-bond donors (Lipinski definition) is 1. The van der Waals surface area contributed by atoms with Crippen LogP contribution in [0.1, 0.15) is 25.7 Å². The second-order valence-corrected chi connectivity index (χ2v) is 4.94. The zero-order valence-electron chi connectivity index (χ0n) is 12.2. The standard InChI is InChI=1S/C15H14N4O4/c1-2-11-5-3-4-6-12(11)10-16-17-14-8-7-13(18(20)21)9-15(14)19(22)23/h1,7-10,17H,3-6H2. The molecule has 23 heavy (non-hydrogen) atoms. The van der Waals surface area contributed by atoms with Gasteiger partial charge in [-0.05, 0) is 37.3 Å². The first-order valence-corrected chi connectivity index (χ1v) is 6.93. The lowest BCUT2D eigenvalue weighted by Crippen LogP contribution is -2.02. The Morgan fingerprint density at radius 1 is 1.22 bits per heavy atom. The second-order valence-electron chi connectivity index (χ2n) is 4.94. The summed E-state index contributed by atoms with van der Waals surface area (Å²) in [7, 11) is 0. The van der Waals surface area contributed by atoms with Gasteiger partial charge in [0.25, 0.3) is 5.69 Å². The number of non-ortho nitro benzene ring substituents is 1. The van der Waals surface area contributed by atoms with Gasteiger partial charge < -0.3 is 0 Å². The molecule has 1 aromatic rings. The molecule has 0 fully saturated rings. The van der Waals surface area contributed by atoms with Crippen LogP contribution in [0.25, 0.3) is 0 Å². The number of allylic oxidation sites excluding steroid dienone is 2. The van der Waals surface area contributed by atoms with E-state index >= 15 is 0 Å². The van der Waals surface area contributed by atoms with E-state index in [0.717, 1.165) is 42.9 Å². The molecule has 0 bridgehead atoms. The van der Waals surface area contributed by atoms with Crippen molar-refractivity contribution in [1.82, 2.24) is 0 Å². The molecule has 2 rings (SSSR count). The zero-order valence-corrected chi connectivity index (χ0v) is 12.2. The molecule has 1 aromatic carbocycles. The van der Waals surface area contributed by atoms with Crippen LogP contribution in [0.4, 0.5) is 17.1 Å². The van der Waals surface area contributed by atoms with Gasteiger partial charge >= 0.3 is 5.69 Å². The molecule has 0 radical (unpaired) electrons. The van der Waals surface area contributed by atoms with Gasteiger partial charge in [0.05, 0.1) is 22.1 Å². The molecule has 1 aliphatic rings. The number of terminal acetylenes is 1. The lowest BCUT2D eigenvalue weighted by molar-refractivity contribution is -0.393. The van der Waals surface area contributed by atoms with E-state index in [4.69, 9.17) is 6.42 Å². The van der Waals surface area contributed by atoms with E-state index in [9.17, 15) is 20.2 Å². The Morgan fingerprint density at radius 2 is 1.96 bits per heavy atom. The summed E-state index contributed by atoms with van der Waals surface area (Å²) in [6.45, 7) is 0. The summed E-state index contributed by atoms with van der Waals surface area (Å²) in [5, 5.41) is 25.7. The van der Waals surface area contributed by atoms with Crippen molar-refractivity contribution >= 4 is 23.3 Å². The molecular formula is C15H14N4O4. The van der Waals surface area contributed by atoms with Gasteiger partial charge in [-0.1, -0.05) is 5.92 Å². The van der Waals surface area contributed by atoms with Gasteiger partial charge in [-0.25, -0.2) is 0 Å². The van der Waals surface area contributed by atoms with Gasteiger partial charge in [0.15, 0.2) is 0 Å². The Morgan fingerprint density at radius 3 is 2.61 bits per heavy atom. The average molecular weight is 314 g/mol. The van der Waals surface area contributed by atoms with Gasteiger partial charge in [-0.2, -0.15) is 5.10 Å². The summed E-state index contributed by atoms with van der Waals surface area (Å²) >= 11 is 0. The fourth-order valence-corrected chi connectivity index (χ4v) is 2.29. The fraction of sp³-hybridized carbons (Fsp3) is 0.267. The second kappa shape index (κ2) is 7.17. The molecule has 0 aromatic heterocycles. The van der Waals surface area contributed by atoms with E-state index in [2.05, 4.69) is 16.4 Å². The minimum absolute atomic E-state index is 0.0792. The Labute approximate surface area is 132 Å². The van der Waals surface area contributed by atoms with E-state index in [0.29, 0.717) is 0 Å². The van der Waals surface area contributed by atoms with Gasteiger partial charge in [0, 0.05) is 11.6 Å². The van der Waals surface area contributed by atoms with Gasteiger partial charge in [-0.3, -0.25) is 25.7 Å². The third kappa shape index (κ3) is 3.91. The lowest BCUT2D eigenvalue weighted by atomic mass is 9.93.